The van der Waals surface area contributed by atoms with Crippen molar-refractivity contribution in [2.75, 3.05) is 13.1 Å². The third-order valence-electron chi connectivity index (χ3n) is 5.48. The van der Waals surface area contributed by atoms with Crippen molar-refractivity contribution in [3.05, 3.63) is 53.9 Å². The molecule has 0 radical (unpaired) electrons. The fourth-order valence-electron chi connectivity index (χ4n) is 3.80. The van der Waals surface area contributed by atoms with Crippen LogP contribution >= 0.6 is 11.8 Å². The van der Waals surface area contributed by atoms with Crippen molar-refractivity contribution in [2.45, 2.75) is 43.0 Å². The molecule has 3 heterocycles. The largest absolute Gasteiger partial charge is 0.358 e. The highest BCUT2D eigenvalue weighted by Crippen LogP contribution is 2.30. The van der Waals surface area contributed by atoms with Gasteiger partial charge in [0, 0.05) is 41.4 Å². The van der Waals surface area contributed by atoms with E-state index in [0.717, 1.165) is 16.6 Å². The molecule has 1 atom stereocenters. The number of ketones is 1. The van der Waals surface area contributed by atoms with Crippen LogP contribution in [0.2, 0.25) is 0 Å². The van der Waals surface area contributed by atoms with Crippen molar-refractivity contribution < 1.29 is 13.2 Å². The maximum atomic E-state index is 13.3. The van der Waals surface area contributed by atoms with Crippen molar-refractivity contribution in [1.29, 1.82) is 0 Å². The molecule has 4 rings (SSSR count). The van der Waals surface area contributed by atoms with E-state index in [-0.39, 0.29) is 10.7 Å². The summed E-state index contributed by atoms with van der Waals surface area (Å²) in [4.78, 5) is 16.7. The van der Waals surface area contributed by atoms with E-state index in [9.17, 15) is 13.2 Å². The Morgan fingerprint density at radius 1 is 1.16 bits per heavy atom. The molecule has 0 fully saturated rings. The van der Waals surface area contributed by atoms with Crippen LogP contribution in [-0.4, -0.2) is 56.4 Å². The molecular formula is C22H25N5O3S2. The van der Waals surface area contributed by atoms with Gasteiger partial charge in [0.05, 0.1) is 10.1 Å². The molecule has 8 nitrogen and oxygen atoms in total. The summed E-state index contributed by atoms with van der Waals surface area (Å²) < 4.78 is 28.9. The smallest absolute Gasteiger partial charge is 0.244 e. The molecule has 1 unspecified atom stereocenters. The minimum atomic E-state index is -3.62. The summed E-state index contributed by atoms with van der Waals surface area (Å²) in [5.41, 5.74) is 2.93. The van der Waals surface area contributed by atoms with Gasteiger partial charge in [0.15, 0.2) is 16.6 Å². The van der Waals surface area contributed by atoms with Crippen molar-refractivity contribution in [3.63, 3.8) is 0 Å². The number of H-pyrrole nitrogens is 1. The predicted molar refractivity (Wildman–Crippen MR) is 126 cm³/mol. The van der Waals surface area contributed by atoms with E-state index in [1.54, 1.807) is 24.3 Å². The summed E-state index contributed by atoms with van der Waals surface area (Å²) in [6.45, 7) is 8.10. The lowest BCUT2D eigenvalue weighted by atomic mass is 10.1. The van der Waals surface area contributed by atoms with Crippen molar-refractivity contribution in [3.8, 4) is 0 Å². The van der Waals surface area contributed by atoms with E-state index < -0.39 is 15.3 Å². The molecule has 0 amide bonds. The van der Waals surface area contributed by atoms with E-state index >= 15 is 0 Å². The predicted octanol–water partition coefficient (Wildman–Crippen LogP) is 3.91. The number of aromatic nitrogens is 4. The van der Waals surface area contributed by atoms with Gasteiger partial charge >= 0.3 is 0 Å². The first-order chi connectivity index (χ1) is 15.3. The van der Waals surface area contributed by atoms with E-state index in [0.29, 0.717) is 29.5 Å². The minimum absolute atomic E-state index is 0.0198. The van der Waals surface area contributed by atoms with Gasteiger partial charge < -0.3 is 4.98 Å². The fraction of sp³-hybridized carbons (Fsp3) is 0.318. The molecule has 10 heteroatoms. The van der Waals surface area contributed by atoms with Crippen LogP contribution in [0.4, 0.5) is 0 Å². The number of hydrogen-bond acceptors (Lipinski definition) is 6. The van der Waals surface area contributed by atoms with E-state index in [2.05, 4.69) is 15.2 Å². The number of carbonyl (C=O) groups excluding carboxylic acids is 1. The number of carbonyl (C=O) groups is 1. The van der Waals surface area contributed by atoms with Gasteiger partial charge in [-0.1, -0.05) is 43.8 Å². The van der Waals surface area contributed by atoms with Gasteiger partial charge in [-0.05, 0) is 32.0 Å². The third-order valence-corrected chi connectivity index (χ3v) is 8.57. The molecule has 1 aromatic carbocycles. The van der Waals surface area contributed by atoms with Crippen LogP contribution in [0.3, 0.4) is 0 Å². The zero-order valence-electron chi connectivity index (χ0n) is 18.4. The highest BCUT2D eigenvalue weighted by molar-refractivity contribution is 8.00. The highest BCUT2D eigenvalue weighted by Gasteiger charge is 2.26. The van der Waals surface area contributed by atoms with Gasteiger partial charge in [-0.2, -0.15) is 4.31 Å². The number of thioether (sulfide) groups is 1. The summed E-state index contributed by atoms with van der Waals surface area (Å²) in [7, 11) is -3.62. The number of para-hydroxylation sites is 1. The number of sulfonamides is 1. The van der Waals surface area contributed by atoms with Crippen LogP contribution in [0.15, 0.2) is 52.6 Å². The van der Waals surface area contributed by atoms with E-state index in [4.69, 9.17) is 0 Å². The first kappa shape index (κ1) is 22.5. The molecule has 32 heavy (non-hydrogen) atoms. The SMILES string of the molecule is CCN(CC)S(=O)(=O)c1ccc2nnc(SC(C)C(=O)c3c(C)[nH]c4ccccc34)n2c1. The van der Waals surface area contributed by atoms with Gasteiger partial charge in [0.2, 0.25) is 10.0 Å². The third kappa shape index (κ3) is 3.82. The molecule has 0 bridgehead atoms. The number of hydrogen-bond donors (Lipinski definition) is 1. The van der Waals surface area contributed by atoms with Crippen LogP contribution in [0.1, 0.15) is 36.8 Å². The summed E-state index contributed by atoms with van der Waals surface area (Å²) in [6, 6.07) is 10.9. The number of pyridine rings is 1. The van der Waals surface area contributed by atoms with E-state index in [1.165, 1.54) is 28.3 Å². The molecule has 0 saturated heterocycles. The Bertz CT molecular complexity index is 1400. The topological polar surface area (TPSA) is 100 Å². The molecular weight excluding hydrogens is 446 g/mol. The number of aromatic amines is 1. The molecule has 0 saturated carbocycles. The molecule has 0 aliphatic heterocycles. The first-order valence-corrected chi connectivity index (χ1v) is 12.7. The average molecular weight is 472 g/mol. The lowest BCUT2D eigenvalue weighted by Gasteiger charge is -2.18. The lowest BCUT2D eigenvalue weighted by Crippen LogP contribution is -2.30. The Labute approximate surface area is 191 Å². The number of rotatable bonds is 8. The molecule has 3 aromatic heterocycles. The zero-order chi connectivity index (χ0) is 23.0. The first-order valence-electron chi connectivity index (χ1n) is 10.4. The number of benzene rings is 1. The van der Waals surface area contributed by atoms with E-state index in [1.807, 2.05) is 38.1 Å². The van der Waals surface area contributed by atoms with Crippen molar-refractivity contribution in [2.24, 2.45) is 0 Å². The monoisotopic (exact) mass is 471 g/mol. The molecule has 168 valence electrons. The maximum Gasteiger partial charge on any atom is 0.244 e. The molecule has 0 aliphatic carbocycles. The van der Waals surface area contributed by atoms with Crippen LogP contribution < -0.4 is 0 Å². The van der Waals surface area contributed by atoms with Crippen LogP contribution in [0.5, 0.6) is 0 Å². The Hall–Kier alpha value is -2.69. The zero-order valence-corrected chi connectivity index (χ0v) is 20.0. The summed E-state index contributed by atoms with van der Waals surface area (Å²) in [5.74, 6) is -0.0198. The second-order valence-corrected chi connectivity index (χ2v) is 10.7. The minimum Gasteiger partial charge on any atom is -0.358 e. The standard InChI is InChI=1S/C22H25N5O3S2/c1-5-26(6-2)32(29,30)16-11-12-19-24-25-22(27(19)13-16)31-15(4)21(28)20-14(3)23-18-10-8-7-9-17(18)20/h7-13,15,23H,5-6H2,1-4H3. The highest BCUT2D eigenvalue weighted by atomic mass is 32.2. The van der Waals surface area contributed by atoms with Gasteiger partial charge in [-0.3, -0.25) is 9.20 Å². The second-order valence-electron chi connectivity index (χ2n) is 7.46. The number of fused-ring (bicyclic) bond motifs is 2. The van der Waals surface area contributed by atoms with Gasteiger partial charge in [-0.15, -0.1) is 10.2 Å². The molecule has 4 aromatic rings. The summed E-state index contributed by atoms with van der Waals surface area (Å²) in [5, 5.41) is 9.25. The lowest BCUT2D eigenvalue weighted by molar-refractivity contribution is 0.0995. The number of nitrogens with zero attached hydrogens (tertiary/aromatic N) is 4. The number of aryl methyl sites for hydroxylation is 1. The van der Waals surface area contributed by atoms with Gasteiger partial charge in [0.1, 0.15) is 0 Å². The molecule has 0 aliphatic rings. The second kappa shape index (κ2) is 8.68. The van der Waals surface area contributed by atoms with Crippen molar-refractivity contribution in [1.82, 2.24) is 23.9 Å². The van der Waals surface area contributed by atoms with Gasteiger partial charge in [-0.25, -0.2) is 8.42 Å². The Morgan fingerprint density at radius 2 is 1.88 bits per heavy atom. The maximum absolute atomic E-state index is 13.3. The van der Waals surface area contributed by atoms with Gasteiger partial charge in [0.25, 0.3) is 0 Å². The Morgan fingerprint density at radius 3 is 2.59 bits per heavy atom. The molecule has 0 spiro atoms. The van der Waals surface area contributed by atoms with Crippen LogP contribution in [-0.2, 0) is 10.0 Å². The molecule has 1 N–H and O–H groups in total. The quantitative estimate of drug-likeness (QED) is 0.309. The van der Waals surface area contributed by atoms with Crippen LogP contribution in [0.25, 0.3) is 16.6 Å². The summed E-state index contributed by atoms with van der Waals surface area (Å²) >= 11 is 1.26. The average Bonchev–Trinajstić information content (AvgIpc) is 3.33. The number of nitrogens with one attached hydrogen (secondary N) is 1. The number of Topliss-reactive ketones (excluding diaryl/α,β-unsaturated/α-hetero) is 1. The fourth-order valence-corrected chi connectivity index (χ4v) is 6.15. The van der Waals surface area contributed by atoms with Crippen LogP contribution in [0, 0.1) is 6.92 Å². The Kier molecular flexibility index (Phi) is 6.11. The van der Waals surface area contributed by atoms with Crippen molar-refractivity contribution >= 4 is 44.1 Å². The Balaban J connectivity index is 1.67. The summed E-state index contributed by atoms with van der Waals surface area (Å²) in [6.07, 6.45) is 1.53. The normalized spacial score (nSPS) is 13.3.